The molecular formula is C27H31ClN2O4. The van der Waals surface area contributed by atoms with Crippen molar-refractivity contribution in [2.75, 3.05) is 37.9 Å². The first kappa shape index (κ1) is 22.1. The van der Waals surface area contributed by atoms with Crippen LogP contribution in [0, 0.1) is 5.92 Å². The van der Waals surface area contributed by atoms with Crippen molar-refractivity contribution in [2.24, 2.45) is 5.92 Å². The van der Waals surface area contributed by atoms with E-state index in [2.05, 4.69) is 17.0 Å². The Hall–Kier alpha value is -2.44. The molecule has 1 aliphatic carbocycles. The first-order chi connectivity index (χ1) is 16.2. The molecule has 5 aliphatic rings. The van der Waals surface area contributed by atoms with Crippen LogP contribution >= 0.6 is 12.4 Å². The van der Waals surface area contributed by atoms with E-state index in [-0.39, 0.29) is 25.1 Å². The van der Waals surface area contributed by atoms with E-state index in [1.54, 1.807) is 0 Å². The topological polar surface area (TPSA) is 51.2 Å². The summed E-state index contributed by atoms with van der Waals surface area (Å²) in [5.41, 5.74) is 2.19. The summed E-state index contributed by atoms with van der Waals surface area (Å²) in [7, 11) is 0. The van der Waals surface area contributed by atoms with Gasteiger partial charge in [0.05, 0.1) is 0 Å². The van der Waals surface area contributed by atoms with Crippen molar-refractivity contribution in [2.45, 2.75) is 50.0 Å². The Morgan fingerprint density at radius 3 is 2.44 bits per heavy atom. The van der Waals surface area contributed by atoms with Crippen molar-refractivity contribution in [3.05, 3.63) is 47.5 Å². The number of ether oxygens (including phenoxy) is 3. The highest BCUT2D eigenvalue weighted by Crippen LogP contribution is 2.55. The summed E-state index contributed by atoms with van der Waals surface area (Å²) in [6, 6.07) is 12.9. The number of benzene rings is 2. The van der Waals surface area contributed by atoms with Crippen molar-refractivity contribution >= 4 is 24.0 Å². The molecule has 1 spiro atoms. The minimum Gasteiger partial charge on any atom is -0.491 e. The van der Waals surface area contributed by atoms with Crippen molar-refractivity contribution in [1.82, 2.24) is 4.90 Å². The quantitative estimate of drug-likeness (QED) is 0.641. The van der Waals surface area contributed by atoms with Gasteiger partial charge in [0.25, 0.3) is 0 Å². The van der Waals surface area contributed by atoms with Crippen LogP contribution in [0.3, 0.4) is 0 Å². The standard InChI is InChI=1S/C27H30N2O4.ClH/c30-26-27(16-31-23-15-25-24(14-21(23)27)32-17-33-25)20-6-1-2-7-22(20)29(26)13-10-18-8-11-28(12-9-18)19-4-3-5-19;/h1-2,6-7,14-15,18-19H,3-5,8-13,16-17H2;1H. The number of likely N-dealkylation sites (tertiary alicyclic amines) is 1. The third-order valence-corrected chi connectivity index (χ3v) is 8.64. The van der Waals surface area contributed by atoms with Gasteiger partial charge in [-0.25, -0.2) is 0 Å². The molecule has 1 saturated carbocycles. The molecule has 2 aromatic carbocycles. The number of hydrogen-bond acceptors (Lipinski definition) is 5. The molecule has 34 heavy (non-hydrogen) atoms. The SMILES string of the molecule is Cl.O=C1N(CCC2CCN(C3CCC3)CC2)c2ccccc2C12COc1cc3c(cc12)OCO3. The summed E-state index contributed by atoms with van der Waals surface area (Å²) in [5.74, 6) is 2.94. The lowest BCUT2D eigenvalue weighted by Crippen LogP contribution is -2.45. The molecule has 1 amide bonds. The monoisotopic (exact) mass is 482 g/mol. The maximum Gasteiger partial charge on any atom is 0.245 e. The van der Waals surface area contributed by atoms with Crippen LogP contribution < -0.4 is 19.1 Å². The zero-order valence-corrected chi connectivity index (χ0v) is 20.1. The molecule has 0 bridgehead atoms. The summed E-state index contributed by atoms with van der Waals surface area (Å²) in [5, 5.41) is 0. The lowest BCUT2D eigenvalue weighted by Gasteiger charge is -2.42. The van der Waals surface area contributed by atoms with E-state index < -0.39 is 5.41 Å². The summed E-state index contributed by atoms with van der Waals surface area (Å²) in [6.07, 6.45) is 7.73. The number of halogens is 1. The number of fused-ring (bicyclic) bond motifs is 5. The highest BCUT2D eigenvalue weighted by atomic mass is 35.5. The lowest BCUT2D eigenvalue weighted by atomic mass is 9.77. The molecule has 0 radical (unpaired) electrons. The van der Waals surface area contributed by atoms with Gasteiger partial charge in [-0.2, -0.15) is 0 Å². The first-order valence-electron chi connectivity index (χ1n) is 12.5. The van der Waals surface area contributed by atoms with Crippen molar-refractivity contribution in [3.8, 4) is 17.2 Å². The first-order valence-corrected chi connectivity index (χ1v) is 12.5. The van der Waals surface area contributed by atoms with Crippen LogP contribution in [0.15, 0.2) is 36.4 Å². The largest absolute Gasteiger partial charge is 0.491 e. The van der Waals surface area contributed by atoms with Crippen LogP contribution in [0.1, 0.15) is 49.7 Å². The Balaban J connectivity index is 0.00000217. The summed E-state index contributed by atoms with van der Waals surface area (Å²) in [4.78, 5) is 18.8. The van der Waals surface area contributed by atoms with E-state index in [9.17, 15) is 4.79 Å². The van der Waals surface area contributed by atoms with E-state index in [0.717, 1.165) is 41.6 Å². The fourth-order valence-corrected chi connectivity index (χ4v) is 6.46. The van der Waals surface area contributed by atoms with Crippen LogP contribution in [0.2, 0.25) is 0 Å². The number of piperidine rings is 1. The van der Waals surface area contributed by atoms with Gasteiger partial charge in [0, 0.05) is 29.9 Å². The van der Waals surface area contributed by atoms with Gasteiger partial charge in [0.1, 0.15) is 17.8 Å². The number of amides is 1. The Morgan fingerprint density at radius 1 is 0.912 bits per heavy atom. The van der Waals surface area contributed by atoms with Crippen molar-refractivity contribution < 1.29 is 19.0 Å². The molecule has 180 valence electrons. The van der Waals surface area contributed by atoms with Crippen molar-refractivity contribution in [1.29, 1.82) is 0 Å². The van der Waals surface area contributed by atoms with Crippen LogP contribution in [-0.2, 0) is 10.2 Å². The number of carbonyl (C=O) groups is 1. The minimum atomic E-state index is -0.791. The molecule has 1 atom stereocenters. The molecular weight excluding hydrogens is 452 g/mol. The smallest absolute Gasteiger partial charge is 0.245 e. The summed E-state index contributed by atoms with van der Waals surface area (Å²) < 4.78 is 17.3. The number of para-hydroxylation sites is 1. The van der Waals surface area contributed by atoms with E-state index >= 15 is 0 Å². The fraction of sp³-hybridized carbons (Fsp3) is 0.519. The number of hydrogen-bond donors (Lipinski definition) is 0. The van der Waals surface area contributed by atoms with Crippen molar-refractivity contribution in [3.63, 3.8) is 0 Å². The van der Waals surface area contributed by atoms with Crippen LogP contribution in [0.4, 0.5) is 5.69 Å². The molecule has 0 aromatic heterocycles. The fourth-order valence-electron chi connectivity index (χ4n) is 6.46. The second kappa shape index (κ2) is 8.35. The number of nitrogens with zero attached hydrogens (tertiary/aromatic N) is 2. The lowest BCUT2D eigenvalue weighted by molar-refractivity contribution is -0.122. The van der Waals surface area contributed by atoms with E-state index in [0.29, 0.717) is 24.0 Å². The van der Waals surface area contributed by atoms with Gasteiger partial charge in [0.15, 0.2) is 11.5 Å². The number of carbonyl (C=O) groups excluding carboxylic acids is 1. The zero-order chi connectivity index (χ0) is 22.0. The van der Waals surface area contributed by atoms with Gasteiger partial charge in [-0.1, -0.05) is 24.6 Å². The molecule has 0 N–H and O–H groups in total. The molecule has 7 rings (SSSR count). The van der Waals surface area contributed by atoms with E-state index in [1.807, 2.05) is 29.2 Å². The van der Waals surface area contributed by atoms with Crippen LogP contribution in [-0.4, -0.2) is 49.9 Å². The highest BCUT2D eigenvalue weighted by molar-refractivity contribution is 6.11. The molecule has 2 aromatic rings. The molecule has 1 saturated heterocycles. The van der Waals surface area contributed by atoms with Gasteiger partial charge in [-0.3, -0.25) is 4.79 Å². The normalized spacial score (nSPS) is 25.6. The Morgan fingerprint density at radius 2 is 1.68 bits per heavy atom. The average Bonchev–Trinajstić information content (AvgIpc) is 3.48. The third-order valence-electron chi connectivity index (χ3n) is 8.64. The van der Waals surface area contributed by atoms with E-state index in [1.165, 1.54) is 45.2 Å². The number of rotatable bonds is 4. The maximum atomic E-state index is 14.1. The maximum absolute atomic E-state index is 14.1. The van der Waals surface area contributed by atoms with E-state index in [4.69, 9.17) is 14.2 Å². The predicted octanol–water partition coefficient (Wildman–Crippen LogP) is 4.52. The zero-order valence-electron chi connectivity index (χ0n) is 19.3. The second-order valence-electron chi connectivity index (χ2n) is 10.2. The Labute approximate surface area is 206 Å². The molecule has 1 unspecified atom stereocenters. The van der Waals surface area contributed by atoms with Gasteiger partial charge < -0.3 is 24.0 Å². The van der Waals surface area contributed by atoms with Gasteiger partial charge >= 0.3 is 0 Å². The summed E-state index contributed by atoms with van der Waals surface area (Å²) in [6.45, 7) is 3.75. The molecule has 2 fully saturated rings. The Kier molecular flexibility index (Phi) is 5.41. The average molecular weight is 483 g/mol. The molecule has 7 heteroatoms. The molecule has 4 heterocycles. The molecule has 4 aliphatic heterocycles. The molecule has 6 nitrogen and oxygen atoms in total. The van der Waals surface area contributed by atoms with Gasteiger partial charge in [0.2, 0.25) is 12.7 Å². The number of anilines is 1. The predicted molar refractivity (Wildman–Crippen MR) is 131 cm³/mol. The second-order valence-corrected chi connectivity index (χ2v) is 10.2. The van der Waals surface area contributed by atoms with Crippen LogP contribution in [0.5, 0.6) is 17.2 Å². The van der Waals surface area contributed by atoms with Gasteiger partial charge in [-0.15, -0.1) is 12.4 Å². The van der Waals surface area contributed by atoms with Crippen LogP contribution in [0.25, 0.3) is 0 Å². The third kappa shape index (κ3) is 3.14. The highest BCUT2D eigenvalue weighted by Gasteiger charge is 2.57. The Bertz CT molecular complexity index is 1110. The minimum absolute atomic E-state index is 0. The van der Waals surface area contributed by atoms with Gasteiger partial charge in [-0.05, 0) is 68.8 Å². The summed E-state index contributed by atoms with van der Waals surface area (Å²) >= 11 is 0.